The van der Waals surface area contributed by atoms with Gasteiger partial charge in [0, 0.05) is 12.6 Å². The Labute approximate surface area is 79.8 Å². The molecule has 4 heteroatoms. The third kappa shape index (κ3) is 9.30. The first-order valence-corrected chi connectivity index (χ1v) is 4.53. The molecule has 0 bridgehead atoms. The maximum Gasteiger partial charge on any atom is 0.293 e. The van der Waals surface area contributed by atoms with Gasteiger partial charge in [-0.3, -0.25) is 4.79 Å². The maximum atomic E-state index is 9.60. The summed E-state index contributed by atoms with van der Waals surface area (Å²) in [6.07, 6.45) is 1.15. The molecule has 1 atom stereocenters. The van der Waals surface area contributed by atoms with Crippen LogP contribution in [0.1, 0.15) is 27.2 Å². The molecule has 1 fully saturated rings. The fraction of sp³-hybridized carbons (Fsp3) is 0.889. The lowest BCUT2D eigenvalue weighted by Gasteiger charge is -2.14. The summed E-state index contributed by atoms with van der Waals surface area (Å²) in [6, 6.07) is 0.435. The first kappa shape index (κ1) is 12.4. The lowest BCUT2D eigenvalue weighted by atomic mass is 10.2. The third-order valence-corrected chi connectivity index (χ3v) is 1.50. The third-order valence-electron chi connectivity index (χ3n) is 1.50. The highest BCUT2D eigenvalue weighted by Crippen LogP contribution is 2.02. The van der Waals surface area contributed by atoms with Gasteiger partial charge in [0.05, 0.1) is 0 Å². The highest BCUT2D eigenvalue weighted by molar-refractivity contribution is 5.37. The molecule has 0 aromatic carbocycles. The average molecular weight is 188 g/mol. The van der Waals surface area contributed by atoms with E-state index in [1.54, 1.807) is 0 Å². The van der Waals surface area contributed by atoms with E-state index in [1.165, 1.54) is 0 Å². The Bertz CT molecular complexity index is 137. The molecule has 0 amide bonds. The van der Waals surface area contributed by atoms with Crippen molar-refractivity contribution < 1.29 is 9.53 Å². The summed E-state index contributed by atoms with van der Waals surface area (Å²) in [5.74, 6) is 0. The van der Waals surface area contributed by atoms with Crippen molar-refractivity contribution in [2.75, 3.05) is 13.1 Å². The van der Waals surface area contributed by atoms with Crippen LogP contribution in [-0.4, -0.2) is 31.2 Å². The minimum atomic E-state index is -0.318. The zero-order valence-electron chi connectivity index (χ0n) is 8.67. The molecule has 0 aliphatic carbocycles. The molecule has 1 heterocycles. The van der Waals surface area contributed by atoms with Gasteiger partial charge in [0.1, 0.15) is 5.60 Å². The number of hydrogen-bond acceptors (Lipinski definition) is 4. The molecule has 13 heavy (non-hydrogen) atoms. The van der Waals surface area contributed by atoms with Crippen molar-refractivity contribution in [3.8, 4) is 0 Å². The van der Waals surface area contributed by atoms with Gasteiger partial charge in [-0.15, -0.1) is 0 Å². The van der Waals surface area contributed by atoms with Crippen LogP contribution in [0, 0.1) is 0 Å². The number of carbonyl (C=O) groups is 1. The molecular formula is C9H20N2O2. The molecule has 0 aromatic heterocycles. The van der Waals surface area contributed by atoms with Crippen molar-refractivity contribution in [2.24, 2.45) is 5.73 Å². The number of hydrogen-bond donors (Lipinski definition) is 2. The van der Waals surface area contributed by atoms with Crippen LogP contribution in [0.3, 0.4) is 0 Å². The highest BCUT2D eigenvalue weighted by Gasteiger charge is 2.07. The molecule has 4 nitrogen and oxygen atoms in total. The maximum absolute atomic E-state index is 9.60. The topological polar surface area (TPSA) is 64.3 Å². The van der Waals surface area contributed by atoms with Gasteiger partial charge in [0.2, 0.25) is 0 Å². The van der Waals surface area contributed by atoms with Gasteiger partial charge < -0.3 is 15.8 Å². The SMILES string of the molecule is CC(C)(C)OC=O.N[C@H]1CCNC1. The van der Waals surface area contributed by atoms with Crippen molar-refractivity contribution >= 4 is 6.47 Å². The normalized spacial score (nSPS) is 21.7. The molecule has 1 saturated heterocycles. The Hall–Kier alpha value is -0.610. The smallest absolute Gasteiger partial charge is 0.293 e. The second-order valence-electron chi connectivity index (χ2n) is 4.08. The van der Waals surface area contributed by atoms with E-state index >= 15 is 0 Å². The number of nitrogens with two attached hydrogens (primary N) is 1. The Morgan fingerprint density at radius 2 is 2.15 bits per heavy atom. The Morgan fingerprint density at radius 1 is 1.54 bits per heavy atom. The molecule has 3 N–H and O–H groups in total. The summed E-state index contributed by atoms with van der Waals surface area (Å²) in [6.45, 7) is 8.05. The van der Waals surface area contributed by atoms with E-state index in [4.69, 9.17) is 5.73 Å². The first-order chi connectivity index (χ1) is 5.95. The van der Waals surface area contributed by atoms with Crippen LogP contribution in [0.4, 0.5) is 0 Å². The molecule has 0 spiro atoms. The van der Waals surface area contributed by atoms with Crippen LogP contribution in [0.15, 0.2) is 0 Å². The minimum absolute atomic E-state index is 0.318. The molecule has 0 unspecified atom stereocenters. The molecule has 0 aromatic rings. The average Bonchev–Trinajstić information content (AvgIpc) is 2.38. The van der Waals surface area contributed by atoms with Crippen molar-refractivity contribution in [3.05, 3.63) is 0 Å². The van der Waals surface area contributed by atoms with Crippen LogP contribution >= 0.6 is 0 Å². The second kappa shape index (κ2) is 5.94. The first-order valence-electron chi connectivity index (χ1n) is 4.53. The Balaban J connectivity index is 0.000000223. The van der Waals surface area contributed by atoms with E-state index in [0.29, 0.717) is 12.5 Å². The predicted octanol–water partition coefficient (Wildman–Crippen LogP) is 0.265. The van der Waals surface area contributed by atoms with E-state index in [-0.39, 0.29) is 5.60 Å². The minimum Gasteiger partial charge on any atom is -0.462 e. The van der Waals surface area contributed by atoms with Crippen molar-refractivity contribution in [1.29, 1.82) is 0 Å². The molecule has 1 aliphatic rings. The van der Waals surface area contributed by atoms with Gasteiger partial charge in [0.15, 0.2) is 0 Å². The lowest BCUT2D eigenvalue weighted by Crippen LogP contribution is -2.21. The standard InChI is InChI=1S/C5H10O2.C4H10N2/c1-5(2,3)7-4-6;5-4-1-2-6-3-4/h4H,1-3H3;4,6H,1-3,5H2/t;4-/m.0/s1. The fourth-order valence-electron chi connectivity index (χ4n) is 0.821. The quantitative estimate of drug-likeness (QED) is 0.580. The molecular weight excluding hydrogens is 168 g/mol. The van der Waals surface area contributed by atoms with E-state index in [9.17, 15) is 4.79 Å². The van der Waals surface area contributed by atoms with Crippen molar-refractivity contribution in [2.45, 2.75) is 38.8 Å². The number of rotatable bonds is 1. The van der Waals surface area contributed by atoms with E-state index in [0.717, 1.165) is 19.5 Å². The van der Waals surface area contributed by atoms with E-state index in [1.807, 2.05) is 20.8 Å². The summed E-state index contributed by atoms with van der Waals surface area (Å²) in [4.78, 5) is 9.60. The predicted molar refractivity (Wildman–Crippen MR) is 52.4 cm³/mol. The number of ether oxygens (including phenoxy) is 1. The van der Waals surface area contributed by atoms with Crippen LogP contribution < -0.4 is 11.1 Å². The molecule has 1 aliphatic heterocycles. The van der Waals surface area contributed by atoms with Gasteiger partial charge >= 0.3 is 0 Å². The summed E-state index contributed by atoms with van der Waals surface area (Å²) in [5, 5.41) is 3.15. The molecule has 0 saturated carbocycles. The van der Waals surface area contributed by atoms with E-state index in [2.05, 4.69) is 10.1 Å². The molecule has 78 valence electrons. The van der Waals surface area contributed by atoms with Crippen LogP contribution in [0.5, 0.6) is 0 Å². The Kier molecular flexibility index (Phi) is 5.66. The number of carbonyl (C=O) groups excluding carboxylic acids is 1. The molecule has 0 radical (unpaired) electrons. The summed E-state index contributed by atoms with van der Waals surface area (Å²) < 4.78 is 4.55. The lowest BCUT2D eigenvalue weighted by molar-refractivity contribution is -0.138. The zero-order chi connectivity index (χ0) is 10.3. The summed E-state index contributed by atoms with van der Waals surface area (Å²) >= 11 is 0. The monoisotopic (exact) mass is 188 g/mol. The second-order valence-corrected chi connectivity index (χ2v) is 4.08. The number of nitrogens with one attached hydrogen (secondary N) is 1. The van der Waals surface area contributed by atoms with Crippen molar-refractivity contribution in [3.63, 3.8) is 0 Å². The highest BCUT2D eigenvalue weighted by atomic mass is 16.5. The van der Waals surface area contributed by atoms with Gasteiger partial charge in [-0.25, -0.2) is 0 Å². The van der Waals surface area contributed by atoms with E-state index < -0.39 is 0 Å². The molecule has 1 rings (SSSR count). The Morgan fingerprint density at radius 3 is 2.23 bits per heavy atom. The summed E-state index contributed by atoms with van der Waals surface area (Å²) in [5.41, 5.74) is 5.15. The van der Waals surface area contributed by atoms with Crippen LogP contribution in [0.2, 0.25) is 0 Å². The largest absolute Gasteiger partial charge is 0.462 e. The van der Waals surface area contributed by atoms with Gasteiger partial charge in [-0.1, -0.05) is 0 Å². The summed E-state index contributed by atoms with van der Waals surface area (Å²) in [7, 11) is 0. The van der Waals surface area contributed by atoms with Gasteiger partial charge in [-0.05, 0) is 33.7 Å². The van der Waals surface area contributed by atoms with Crippen LogP contribution in [0.25, 0.3) is 0 Å². The van der Waals surface area contributed by atoms with Gasteiger partial charge in [-0.2, -0.15) is 0 Å². The zero-order valence-corrected chi connectivity index (χ0v) is 8.67. The van der Waals surface area contributed by atoms with Crippen LogP contribution in [-0.2, 0) is 9.53 Å². The van der Waals surface area contributed by atoms with Gasteiger partial charge in [0.25, 0.3) is 6.47 Å². The van der Waals surface area contributed by atoms with Crippen molar-refractivity contribution in [1.82, 2.24) is 5.32 Å². The fourth-order valence-corrected chi connectivity index (χ4v) is 0.821.